The highest BCUT2D eigenvalue weighted by atomic mass is 16.2. The van der Waals surface area contributed by atoms with Gasteiger partial charge in [0.15, 0.2) is 0 Å². The third kappa shape index (κ3) is 2.49. The van der Waals surface area contributed by atoms with Gasteiger partial charge in [-0.15, -0.1) is 12.3 Å². The third-order valence-corrected chi connectivity index (χ3v) is 2.21. The first-order valence-electron chi connectivity index (χ1n) is 4.68. The van der Waals surface area contributed by atoms with Crippen LogP contribution in [0.4, 0.5) is 4.79 Å². The zero-order valence-corrected chi connectivity index (χ0v) is 8.25. The van der Waals surface area contributed by atoms with E-state index in [-0.39, 0.29) is 17.9 Å². The van der Waals surface area contributed by atoms with Gasteiger partial charge in [0.1, 0.15) is 0 Å². The minimum Gasteiger partial charge on any atom is -0.324 e. The predicted molar refractivity (Wildman–Crippen MR) is 52.3 cm³/mol. The number of rotatable bonds is 3. The molecule has 0 aromatic carbocycles. The molecule has 0 bridgehead atoms. The molecule has 0 saturated carbocycles. The lowest BCUT2D eigenvalue weighted by atomic mass is 10.1. The van der Waals surface area contributed by atoms with Gasteiger partial charge in [0.25, 0.3) is 0 Å². The van der Waals surface area contributed by atoms with Gasteiger partial charge in [-0.3, -0.25) is 10.1 Å². The van der Waals surface area contributed by atoms with Gasteiger partial charge < -0.3 is 4.90 Å². The van der Waals surface area contributed by atoms with Crippen LogP contribution in [0.25, 0.3) is 0 Å². The van der Waals surface area contributed by atoms with Crippen molar-refractivity contribution in [3.05, 3.63) is 0 Å². The van der Waals surface area contributed by atoms with E-state index in [9.17, 15) is 9.59 Å². The summed E-state index contributed by atoms with van der Waals surface area (Å²) in [6.07, 6.45) is 6.55. The van der Waals surface area contributed by atoms with Crippen LogP contribution in [-0.2, 0) is 4.79 Å². The summed E-state index contributed by atoms with van der Waals surface area (Å²) in [7, 11) is 0. The maximum absolute atomic E-state index is 11.3. The molecule has 1 rings (SSSR count). The number of nitrogens with zero attached hydrogens (tertiary/aromatic N) is 1. The maximum atomic E-state index is 11.3. The summed E-state index contributed by atoms with van der Waals surface area (Å²) >= 11 is 0. The normalized spacial score (nSPS) is 21.7. The Morgan fingerprint density at radius 1 is 1.64 bits per heavy atom. The molecule has 0 aromatic rings. The molecule has 0 aromatic heterocycles. The SMILES string of the molecule is C#CCCCN1CC(C)C(=O)NC1=O. The van der Waals surface area contributed by atoms with Crippen molar-refractivity contribution in [2.75, 3.05) is 13.1 Å². The third-order valence-electron chi connectivity index (χ3n) is 2.21. The fourth-order valence-corrected chi connectivity index (χ4v) is 1.37. The molecule has 1 aliphatic rings. The minimum atomic E-state index is -0.301. The highest BCUT2D eigenvalue weighted by Gasteiger charge is 2.28. The van der Waals surface area contributed by atoms with Gasteiger partial charge >= 0.3 is 6.03 Å². The molecule has 1 saturated heterocycles. The molecular formula is C10H14N2O2. The standard InChI is InChI=1S/C10H14N2O2/c1-3-4-5-6-12-7-8(2)9(13)11-10(12)14/h1,8H,4-7H2,2H3,(H,11,13,14). The Labute approximate surface area is 83.6 Å². The molecule has 4 nitrogen and oxygen atoms in total. The van der Waals surface area contributed by atoms with Crippen molar-refractivity contribution >= 4 is 11.9 Å². The summed E-state index contributed by atoms with van der Waals surface area (Å²) in [5, 5.41) is 2.30. The second-order valence-corrected chi connectivity index (χ2v) is 3.45. The van der Waals surface area contributed by atoms with Gasteiger partial charge in [0.2, 0.25) is 5.91 Å². The first-order valence-corrected chi connectivity index (χ1v) is 4.68. The number of hydrogen-bond acceptors (Lipinski definition) is 2. The zero-order chi connectivity index (χ0) is 10.6. The van der Waals surface area contributed by atoms with Crippen LogP contribution >= 0.6 is 0 Å². The number of hydrogen-bond donors (Lipinski definition) is 1. The summed E-state index contributed by atoms with van der Waals surface area (Å²) in [5.74, 6) is 2.20. The molecule has 0 aliphatic carbocycles. The van der Waals surface area contributed by atoms with Crippen molar-refractivity contribution in [3.8, 4) is 12.3 Å². The number of urea groups is 1. The number of carbonyl (C=O) groups is 2. The lowest BCUT2D eigenvalue weighted by molar-refractivity contribution is -0.125. The van der Waals surface area contributed by atoms with Crippen LogP contribution in [0.3, 0.4) is 0 Å². The first-order chi connectivity index (χ1) is 6.65. The van der Waals surface area contributed by atoms with Gasteiger partial charge in [0, 0.05) is 19.5 Å². The lowest BCUT2D eigenvalue weighted by Crippen LogP contribution is -2.53. The molecule has 0 spiro atoms. The van der Waals surface area contributed by atoms with Gasteiger partial charge in [-0.05, 0) is 6.42 Å². The van der Waals surface area contributed by atoms with Crippen molar-refractivity contribution in [1.29, 1.82) is 0 Å². The van der Waals surface area contributed by atoms with Crippen molar-refractivity contribution < 1.29 is 9.59 Å². The van der Waals surface area contributed by atoms with Crippen LogP contribution in [0.15, 0.2) is 0 Å². The Morgan fingerprint density at radius 2 is 2.36 bits per heavy atom. The van der Waals surface area contributed by atoms with Crippen molar-refractivity contribution in [2.24, 2.45) is 5.92 Å². The number of imide groups is 1. The maximum Gasteiger partial charge on any atom is 0.324 e. The molecule has 1 aliphatic heterocycles. The van der Waals surface area contributed by atoms with Crippen LogP contribution in [0.2, 0.25) is 0 Å². The first kappa shape index (κ1) is 10.6. The van der Waals surface area contributed by atoms with E-state index in [0.717, 1.165) is 6.42 Å². The van der Waals surface area contributed by atoms with E-state index < -0.39 is 0 Å². The molecular weight excluding hydrogens is 180 g/mol. The number of unbranched alkanes of at least 4 members (excludes halogenated alkanes) is 1. The Balaban J connectivity index is 2.42. The van der Waals surface area contributed by atoms with Crippen LogP contribution < -0.4 is 5.32 Å². The molecule has 1 unspecified atom stereocenters. The summed E-state index contributed by atoms with van der Waals surface area (Å²) in [4.78, 5) is 24.0. The van der Waals surface area contributed by atoms with Crippen molar-refractivity contribution in [3.63, 3.8) is 0 Å². The van der Waals surface area contributed by atoms with E-state index in [1.807, 2.05) is 0 Å². The Hall–Kier alpha value is -1.50. The molecule has 1 fully saturated rings. The van der Waals surface area contributed by atoms with E-state index in [4.69, 9.17) is 6.42 Å². The molecule has 14 heavy (non-hydrogen) atoms. The van der Waals surface area contributed by atoms with Crippen LogP contribution in [-0.4, -0.2) is 29.9 Å². The molecule has 1 atom stereocenters. The fraction of sp³-hybridized carbons (Fsp3) is 0.600. The number of amides is 3. The van der Waals surface area contributed by atoms with Crippen LogP contribution in [0, 0.1) is 18.3 Å². The van der Waals surface area contributed by atoms with E-state index >= 15 is 0 Å². The van der Waals surface area contributed by atoms with E-state index in [1.54, 1.807) is 11.8 Å². The molecule has 0 radical (unpaired) electrons. The van der Waals surface area contributed by atoms with Crippen LogP contribution in [0.5, 0.6) is 0 Å². The topological polar surface area (TPSA) is 49.4 Å². The number of carbonyl (C=O) groups excluding carboxylic acids is 2. The molecule has 3 amide bonds. The minimum absolute atomic E-state index is 0.126. The molecule has 1 N–H and O–H groups in total. The summed E-state index contributed by atoms with van der Waals surface area (Å²) in [5.41, 5.74) is 0. The van der Waals surface area contributed by atoms with Crippen LogP contribution in [0.1, 0.15) is 19.8 Å². The smallest absolute Gasteiger partial charge is 0.324 e. The number of nitrogens with one attached hydrogen (secondary N) is 1. The second kappa shape index (κ2) is 4.66. The van der Waals surface area contributed by atoms with E-state index in [2.05, 4.69) is 11.2 Å². The second-order valence-electron chi connectivity index (χ2n) is 3.45. The summed E-state index contributed by atoms with van der Waals surface area (Å²) in [6, 6.07) is -0.301. The molecule has 4 heteroatoms. The van der Waals surface area contributed by atoms with Crippen molar-refractivity contribution in [2.45, 2.75) is 19.8 Å². The average molecular weight is 194 g/mol. The Bertz CT molecular complexity index is 280. The molecule has 76 valence electrons. The Morgan fingerprint density at radius 3 is 3.00 bits per heavy atom. The summed E-state index contributed by atoms with van der Waals surface area (Å²) in [6.45, 7) is 2.92. The van der Waals surface area contributed by atoms with Gasteiger partial charge in [-0.2, -0.15) is 0 Å². The van der Waals surface area contributed by atoms with Gasteiger partial charge in [-0.1, -0.05) is 6.92 Å². The monoisotopic (exact) mass is 194 g/mol. The zero-order valence-electron chi connectivity index (χ0n) is 8.25. The Kier molecular flexibility index (Phi) is 3.52. The largest absolute Gasteiger partial charge is 0.324 e. The highest BCUT2D eigenvalue weighted by molar-refractivity contribution is 5.97. The lowest BCUT2D eigenvalue weighted by Gasteiger charge is -2.30. The molecule has 1 heterocycles. The number of terminal acetylenes is 1. The predicted octanol–water partition coefficient (Wildman–Crippen LogP) is 0.588. The quantitative estimate of drug-likeness (QED) is 0.528. The fourth-order valence-electron chi connectivity index (χ4n) is 1.37. The average Bonchev–Trinajstić information content (AvgIpc) is 2.14. The summed E-state index contributed by atoms with van der Waals surface area (Å²) < 4.78 is 0. The van der Waals surface area contributed by atoms with E-state index in [1.165, 1.54) is 0 Å². The van der Waals surface area contributed by atoms with Gasteiger partial charge in [0.05, 0.1) is 5.92 Å². The highest BCUT2D eigenvalue weighted by Crippen LogP contribution is 2.08. The van der Waals surface area contributed by atoms with Crippen molar-refractivity contribution in [1.82, 2.24) is 10.2 Å². The van der Waals surface area contributed by atoms with Gasteiger partial charge in [-0.25, -0.2) is 4.79 Å². The van der Waals surface area contributed by atoms with E-state index in [0.29, 0.717) is 19.5 Å².